The molecule has 100 valence electrons. The van der Waals surface area contributed by atoms with Crippen molar-refractivity contribution < 1.29 is 9.90 Å². The summed E-state index contributed by atoms with van der Waals surface area (Å²) in [7, 11) is 0. The van der Waals surface area contributed by atoms with Crippen molar-refractivity contribution in [2.75, 3.05) is 0 Å². The monoisotopic (exact) mass is 258 g/mol. The number of aromatic carboxylic acids is 1. The molecule has 0 unspecified atom stereocenters. The molecule has 0 radical (unpaired) electrons. The van der Waals surface area contributed by atoms with Crippen LogP contribution in [0.2, 0.25) is 0 Å². The highest BCUT2D eigenvalue weighted by Gasteiger charge is 2.15. The summed E-state index contributed by atoms with van der Waals surface area (Å²) in [6, 6.07) is 7.77. The highest BCUT2D eigenvalue weighted by atomic mass is 16.4. The van der Waals surface area contributed by atoms with Crippen LogP contribution in [0.5, 0.6) is 0 Å². The minimum Gasteiger partial charge on any atom is -0.476 e. The molecule has 0 saturated heterocycles. The lowest BCUT2D eigenvalue weighted by Crippen LogP contribution is -2.05. The summed E-state index contributed by atoms with van der Waals surface area (Å²) in [6.07, 6.45) is 1.77. The van der Waals surface area contributed by atoms with Crippen LogP contribution in [-0.4, -0.2) is 20.9 Å². The molecule has 0 bridgehead atoms. The number of aryl methyl sites for hydroxylation is 3. The first kappa shape index (κ1) is 13.3. The molecular formula is C15H18N2O2. The Morgan fingerprint density at radius 1 is 1.32 bits per heavy atom. The van der Waals surface area contributed by atoms with Crippen LogP contribution >= 0.6 is 0 Å². The maximum atomic E-state index is 11.1. The van der Waals surface area contributed by atoms with Crippen molar-refractivity contribution in [2.24, 2.45) is 0 Å². The molecule has 0 atom stereocenters. The molecule has 1 aromatic carbocycles. The van der Waals surface area contributed by atoms with Crippen LogP contribution in [-0.2, 0) is 6.42 Å². The Morgan fingerprint density at radius 3 is 2.68 bits per heavy atom. The van der Waals surface area contributed by atoms with E-state index in [9.17, 15) is 4.79 Å². The number of rotatable bonds is 4. The van der Waals surface area contributed by atoms with Crippen LogP contribution in [0, 0.1) is 13.8 Å². The van der Waals surface area contributed by atoms with E-state index in [1.165, 1.54) is 0 Å². The first-order chi connectivity index (χ1) is 9.02. The van der Waals surface area contributed by atoms with Gasteiger partial charge in [0.2, 0.25) is 0 Å². The molecule has 1 aromatic heterocycles. The van der Waals surface area contributed by atoms with Gasteiger partial charge in [0, 0.05) is 5.69 Å². The lowest BCUT2D eigenvalue weighted by atomic mass is 10.1. The zero-order chi connectivity index (χ0) is 14.0. The van der Waals surface area contributed by atoms with E-state index >= 15 is 0 Å². The molecule has 0 spiro atoms. The number of nitrogens with zero attached hydrogens (tertiary/aromatic N) is 2. The van der Waals surface area contributed by atoms with Gasteiger partial charge >= 0.3 is 5.97 Å². The first-order valence-corrected chi connectivity index (χ1v) is 6.42. The maximum Gasteiger partial charge on any atom is 0.356 e. The van der Waals surface area contributed by atoms with E-state index < -0.39 is 5.97 Å². The number of carbonyl (C=O) groups is 1. The van der Waals surface area contributed by atoms with Gasteiger partial charge in [0.25, 0.3) is 0 Å². The van der Waals surface area contributed by atoms with Gasteiger partial charge in [0.15, 0.2) is 5.69 Å². The van der Waals surface area contributed by atoms with Crippen LogP contribution in [0.25, 0.3) is 5.69 Å². The lowest BCUT2D eigenvalue weighted by molar-refractivity contribution is 0.0690. The molecular weight excluding hydrogens is 240 g/mol. The topological polar surface area (TPSA) is 55.1 Å². The Kier molecular flexibility index (Phi) is 3.69. The Balaban J connectivity index is 2.59. The van der Waals surface area contributed by atoms with Gasteiger partial charge in [-0.2, -0.15) is 5.10 Å². The van der Waals surface area contributed by atoms with Crippen LogP contribution < -0.4 is 0 Å². The van der Waals surface area contributed by atoms with Crippen molar-refractivity contribution in [2.45, 2.75) is 33.6 Å². The fraction of sp³-hybridized carbons (Fsp3) is 0.333. The number of carboxylic acids is 1. The molecule has 2 rings (SSSR count). The smallest absolute Gasteiger partial charge is 0.356 e. The molecule has 0 aliphatic carbocycles. The molecule has 1 N–H and O–H groups in total. The third-order valence-corrected chi connectivity index (χ3v) is 3.10. The van der Waals surface area contributed by atoms with Crippen molar-refractivity contribution in [3.8, 4) is 5.69 Å². The Morgan fingerprint density at radius 2 is 2.05 bits per heavy atom. The van der Waals surface area contributed by atoms with E-state index in [1.807, 2.05) is 32.0 Å². The Bertz CT molecular complexity index is 615. The van der Waals surface area contributed by atoms with Crippen molar-refractivity contribution in [1.29, 1.82) is 0 Å². The summed E-state index contributed by atoms with van der Waals surface area (Å²) >= 11 is 0. The van der Waals surface area contributed by atoms with E-state index in [2.05, 4.69) is 12.0 Å². The van der Waals surface area contributed by atoms with Crippen LogP contribution in [0.1, 0.15) is 40.7 Å². The van der Waals surface area contributed by atoms with E-state index in [0.717, 1.165) is 35.3 Å². The molecule has 0 saturated carbocycles. The van der Waals surface area contributed by atoms with Gasteiger partial charge < -0.3 is 5.11 Å². The summed E-state index contributed by atoms with van der Waals surface area (Å²) in [5.41, 5.74) is 4.22. The lowest BCUT2D eigenvalue weighted by Gasteiger charge is -2.10. The fourth-order valence-corrected chi connectivity index (χ4v) is 2.11. The highest BCUT2D eigenvalue weighted by molar-refractivity contribution is 5.85. The van der Waals surface area contributed by atoms with Gasteiger partial charge in [-0.25, -0.2) is 9.48 Å². The normalized spacial score (nSPS) is 10.7. The SMILES string of the molecule is CCCc1cc(C(=O)O)nn1-c1cc(C)ccc1C. The molecule has 4 heteroatoms. The average molecular weight is 258 g/mol. The van der Waals surface area contributed by atoms with E-state index in [1.54, 1.807) is 10.7 Å². The third-order valence-electron chi connectivity index (χ3n) is 3.10. The summed E-state index contributed by atoms with van der Waals surface area (Å²) in [5.74, 6) is -0.985. The Labute approximate surface area is 112 Å². The molecule has 0 amide bonds. The number of benzene rings is 1. The summed E-state index contributed by atoms with van der Waals surface area (Å²) in [5, 5.41) is 13.3. The van der Waals surface area contributed by atoms with E-state index in [-0.39, 0.29) is 5.69 Å². The number of hydrogen-bond acceptors (Lipinski definition) is 2. The van der Waals surface area contributed by atoms with Crippen LogP contribution in [0.3, 0.4) is 0 Å². The van der Waals surface area contributed by atoms with Crippen molar-refractivity contribution >= 4 is 5.97 Å². The van der Waals surface area contributed by atoms with E-state index in [0.29, 0.717) is 0 Å². The summed E-state index contributed by atoms with van der Waals surface area (Å²) in [6.45, 7) is 6.09. The number of hydrogen-bond donors (Lipinski definition) is 1. The van der Waals surface area contributed by atoms with Crippen LogP contribution in [0.4, 0.5) is 0 Å². The quantitative estimate of drug-likeness (QED) is 0.916. The van der Waals surface area contributed by atoms with Gasteiger partial charge in [0.1, 0.15) is 0 Å². The predicted molar refractivity (Wildman–Crippen MR) is 74.0 cm³/mol. The number of carboxylic acid groups (broad SMARTS) is 1. The molecule has 0 aliphatic heterocycles. The molecule has 2 aromatic rings. The molecule has 4 nitrogen and oxygen atoms in total. The summed E-state index contributed by atoms with van der Waals surface area (Å²) in [4.78, 5) is 11.1. The highest BCUT2D eigenvalue weighted by Crippen LogP contribution is 2.19. The maximum absolute atomic E-state index is 11.1. The van der Waals surface area contributed by atoms with Crippen molar-refractivity contribution in [3.63, 3.8) is 0 Å². The minimum atomic E-state index is -0.985. The Hall–Kier alpha value is -2.10. The molecule has 0 aliphatic rings. The molecule has 19 heavy (non-hydrogen) atoms. The second kappa shape index (κ2) is 5.26. The number of aromatic nitrogens is 2. The van der Waals surface area contributed by atoms with Gasteiger partial charge in [-0.1, -0.05) is 25.5 Å². The first-order valence-electron chi connectivity index (χ1n) is 6.42. The predicted octanol–water partition coefficient (Wildman–Crippen LogP) is 3.14. The van der Waals surface area contributed by atoms with E-state index in [4.69, 9.17) is 5.11 Å². The molecule has 0 fully saturated rings. The van der Waals surface area contributed by atoms with Gasteiger partial charge in [-0.15, -0.1) is 0 Å². The standard InChI is InChI=1S/C15H18N2O2/c1-4-5-12-9-13(15(18)19)16-17(12)14-8-10(2)6-7-11(14)3/h6-9H,4-5H2,1-3H3,(H,18,19). The van der Waals surface area contributed by atoms with Gasteiger partial charge in [-0.3, -0.25) is 0 Å². The van der Waals surface area contributed by atoms with Gasteiger partial charge in [-0.05, 0) is 43.5 Å². The summed E-state index contributed by atoms with van der Waals surface area (Å²) < 4.78 is 1.76. The average Bonchev–Trinajstić information content (AvgIpc) is 2.77. The third kappa shape index (κ3) is 2.67. The zero-order valence-electron chi connectivity index (χ0n) is 11.5. The van der Waals surface area contributed by atoms with Crippen LogP contribution in [0.15, 0.2) is 24.3 Å². The minimum absolute atomic E-state index is 0.101. The largest absolute Gasteiger partial charge is 0.476 e. The second-order valence-electron chi connectivity index (χ2n) is 4.78. The van der Waals surface area contributed by atoms with Gasteiger partial charge in [0.05, 0.1) is 5.69 Å². The zero-order valence-corrected chi connectivity index (χ0v) is 11.5. The second-order valence-corrected chi connectivity index (χ2v) is 4.78. The molecule has 1 heterocycles. The van der Waals surface area contributed by atoms with Crippen molar-refractivity contribution in [3.05, 3.63) is 46.8 Å². The van der Waals surface area contributed by atoms with Crippen molar-refractivity contribution in [1.82, 2.24) is 9.78 Å². The fourth-order valence-electron chi connectivity index (χ4n) is 2.11.